The van der Waals surface area contributed by atoms with Crippen LogP contribution in [0, 0.1) is 5.92 Å². The third-order valence-corrected chi connectivity index (χ3v) is 2.95. The van der Waals surface area contributed by atoms with Gasteiger partial charge in [-0.05, 0) is 37.1 Å². The van der Waals surface area contributed by atoms with Crippen molar-refractivity contribution in [2.75, 3.05) is 5.32 Å². The van der Waals surface area contributed by atoms with Crippen molar-refractivity contribution < 1.29 is 9.90 Å². The molecule has 1 aromatic rings. The number of nitrogens with one attached hydrogen (secondary N) is 1. The Morgan fingerprint density at radius 3 is 2.47 bits per heavy atom. The van der Waals surface area contributed by atoms with E-state index in [0.29, 0.717) is 17.9 Å². The van der Waals surface area contributed by atoms with Crippen LogP contribution in [0.4, 0.5) is 5.69 Å². The van der Waals surface area contributed by atoms with Crippen molar-refractivity contribution in [2.45, 2.75) is 18.9 Å². The van der Waals surface area contributed by atoms with Crippen LogP contribution in [-0.2, 0) is 4.79 Å². The smallest absolute Gasteiger partial charge is 0.306 e. The fourth-order valence-electron chi connectivity index (χ4n) is 1.72. The van der Waals surface area contributed by atoms with Crippen LogP contribution in [0.15, 0.2) is 24.3 Å². The molecule has 1 aliphatic carbocycles. The number of benzene rings is 1. The van der Waals surface area contributed by atoms with Crippen LogP contribution in [0.1, 0.15) is 12.8 Å². The third kappa shape index (κ3) is 2.42. The summed E-state index contributed by atoms with van der Waals surface area (Å²) in [5.74, 6) is -0.862. The fourth-order valence-corrected chi connectivity index (χ4v) is 1.85. The van der Waals surface area contributed by atoms with Crippen LogP contribution in [0.5, 0.6) is 0 Å². The van der Waals surface area contributed by atoms with Gasteiger partial charge in [0.2, 0.25) is 0 Å². The summed E-state index contributed by atoms with van der Waals surface area (Å²) >= 11 is 5.76. The molecule has 80 valence electrons. The van der Waals surface area contributed by atoms with Crippen molar-refractivity contribution in [2.24, 2.45) is 5.92 Å². The van der Waals surface area contributed by atoms with Crippen molar-refractivity contribution in [1.29, 1.82) is 0 Å². The largest absolute Gasteiger partial charge is 0.481 e. The SMILES string of the molecule is O=C(O)C1CC(Nc2ccc(Cl)cc2)C1. The lowest BCUT2D eigenvalue weighted by Crippen LogP contribution is -2.39. The van der Waals surface area contributed by atoms with Crippen molar-refractivity contribution in [3.8, 4) is 0 Å². The molecule has 0 amide bonds. The predicted molar refractivity (Wildman–Crippen MR) is 59.2 cm³/mol. The molecule has 0 unspecified atom stereocenters. The zero-order chi connectivity index (χ0) is 10.8. The zero-order valence-corrected chi connectivity index (χ0v) is 8.87. The number of carboxylic acid groups (broad SMARTS) is 1. The van der Waals surface area contributed by atoms with Gasteiger partial charge in [0, 0.05) is 16.8 Å². The minimum absolute atomic E-state index is 0.171. The quantitative estimate of drug-likeness (QED) is 0.832. The summed E-state index contributed by atoms with van der Waals surface area (Å²) in [6.07, 6.45) is 1.41. The van der Waals surface area contributed by atoms with Crippen LogP contribution < -0.4 is 5.32 Å². The second-order valence-corrected chi connectivity index (χ2v) is 4.29. The maximum atomic E-state index is 10.6. The number of aliphatic carboxylic acids is 1. The van der Waals surface area contributed by atoms with E-state index in [4.69, 9.17) is 16.7 Å². The molecule has 15 heavy (non-hydrogen) atoms. The zero-order valence-electron chi connectivity index (χ0n) is 8.11. The predicted octanol–water partition coefficient (Wildman–Crippen LogP) is 2.62. The lowest BCUT2D eigenvalue weighted by molar-refractivity contribution is -0.144. The molecule has 0 radical (unpaired) electrons. The molecule has 2 N–H and O–H groups in total. The van der Waals surface area contributed by atoms with Crippen LogP contribution in [0.3, 0.4) is 0 Å². The first-order valence-electron chi connectivity index (χ1n) is 4.90. The lowest BCUT2D eigenvalue weighted by atomic mass is 9.80. The first kappa shape index (κ1) is 10.3. The Bertz CT molecular complexity index is 357. The first-order chi connectivity index (χ1) is 7.15. The van der Waals surface area contributed by atoms with E-state index < -0.39 is 5.97 Å². The summed E-state index contributed by atoms with van der Waals surface area (Å²) < 4.78 is 0. The van der Waals surface area contributed by atoms with Crippen LogP contribution >= 0.6 is 11.6 Å². The van der Waals surface area contributed by atoms with Crippen LogP contribution in [0.2, 0.25) is 5.02 Å². The molecular weight excluding hydrogens is 214 g/mol. The van der Waals surface area contributed by atoms with Crippen molar-refractivity contribution >= 4 is 23.3 Å². The van der Waals surface area contributed by atoms with Gasteiger partial charge in [0.1, 0.15) is 0 Å². The molecule has 4 heteroatoms. The Kier molecular flexibility index (Phi) is 2.82. The molecule has 0 saturated heterocycles. The van der Waals surface area contributed by atoms with E-state index in [1.165, 1.54) is 0 Å². The molecule has 0 heterocycles. The Balaban J connectivity index is 1.85. The molecular formula is C11H12ClNO2. The van der Waals surface area contributed by atoms with Gasteiger partial charge in [0.05, 0.1) is 5.92 Å². The number of carboxylic acids is 1. The van der Waals surface area contributed by atoms with Gasteiger partial charge in [-0.25, -0.2) is 0 Å². The molecule has 1 fully saturated rings. The monoisotopic (exact) mass is 225 g/mol. The first-order valence-corrected chi connectivity index (χ1v) is 5.28. The number of anilines is 1. The van der Waals surface area contributed by atoms with E-state index in [1.54, 1.807) is 0 Å². The number of rotatable bonds is 3. The Morgan fingerprint density at radius 2 is 1.93 bits per heavy atom. The maximum absolute atomic E-state index is 10.6. The highest BCUT2D eigenvalue weighted by Gasteiger charge is 2.34. The fraction of sp³-hybridized carbons (Fsp3) is 0.364. The van der Waals surface area contributed by atoms with E-state index in [1.807, 2.05) is 24.3 Å². The highest BCUT2D eigenvalue weighted by atomic mass is 35.5. The van der Waals surface area contributed by atoms with Gasteiger partial charge in [-0.3, -0.25) is 4.79 Å². The summed E-state index contributed by atoms with van der Waals surface area (Å²) in [6.45, 7) is 0. The van der Waals surface area contributed by atoms with Gasteiger partial charge in [0.15, 0.2) is 0 Å². The standard InChI is InChI=1S/C11H12ClNO2/c12-8-1-3-9(4-2-8)13-10-5-7(6-10)11(14)15/h1-4,7,10,13H,5-6H2,(H,14,15). The van der Waals surface area contributed by atoms with E-state index >= 15 is 0 Å². The highest BCUT2D eigenvalue weighted by Crippen LogP contribution is 2.30. The second-order valence-electron chi connectivity index (χ2n) is 3.85. The van der Waals surface area contributed by atoms with Crippen LogP contribution in [0.25, 0.3) is 0 Å². The van der Waals surface area contributed by atoms with E-state index in [2.05, 4.69) is 5.32 Å². The van der Waals surface area contributed by atoms with Gasteiger partial charge >= 0.3 is 5.97 Å². The summed E-state index contributed by atoms with van der Waals surface area (Å²) in [5, 5.41) is 12.7. The average Bonchev–Trinajstić information content (AvgIpc) is 2.13. The molecule has 1 aliphatic rings. The molecule has 3 nitrogen and oxygen atoms in total. The molecule has 0 aromatic heterocycles. The number of hydrogen-bond acceptors (Lipinski definition) is 2. The van der Waals surface area contributed by atoms with Crippen LogP contribution in [-0.4, -0.2) is 17.1 Å². The van der Waals surface area contributed by atoms with Gasteiger partial charge in [-0.2, -0.15) is 0 Å². The highest BCUT2D eigenvalue weighted by molar-refractivity contribution is 6.30. The molecule has 0 spiro atoms. The average molecular weight is 226 g/mol. The van der Waals surface area contributed by atoms with E-state index in [9.17, 15) is 4.79 Å². The molecule has 1 saturated carbocycles. The van der Waals surface area contributed by atoms with E-state index in [0.717, 1.165) is 5.69 Å². The van der Waals surface area contributed by atoms with E-state index in [-0.39, 0.29) is 12.0 Å². The number of halogens is 1. The van der Waals surface area contributed by atoms with Crippen molar-refractivity contribution in [3.63, 3.8) is 0 Å². The Hall–Kier alpha value is -1.22. The summed E-state index contributed by atoms with van der Waals surface area (Å²) in [6, 6.07) is 7.72. The third-order valence-electron chi connectivity index (χ3n) is 2.70. The topological polar surface area (TPSA) is 49.3 Å². The molecule has 1 aromatic carbocycles. The van der Waals surface area contributed by atoms with Gasteiger partial charge in [-0.1, -0.05) is 11.6 Å². The molecule has 0 aliphatic heterocycles. The second kappa shape index (κ2) is 4.11. The summed E-state index contributed by atoms with van der Waals surface area (Å²) in [4.78, 5) is 10.6. The number of hydrogen-bond donors (Lipinski definition) is 2. The van der Waals surface area contributed by atoms with Gasteiger partial charge in [0.25, 0.3) is 0 Å². The van der Waals surface area contributed by atoms with Crippen molar-refractivity contribution in [1.82, 2.24) is 0 Å². The minimum atomic E-state index is -0.691. The Labute approximate surface area is 93.1 Å². The molecule has 2 rings (SSSR count). The maximum Gasteiger partial charge on any atom is 0.306 e. The summed E-state index contributed by atoms with van der Waals surface area (Å²) in [7, 11) is 0. The molecule has 0 bridgehead atoms. The normalized spacial score (nSPS) is 24.3. The lowest BCUT2D eigenvalue weighted by Gasteiger charge is -2.33. The Morgan fingerprint density at radius 1 is 1.33 bits per heavy atom. The summed E-state index contributed by atoms with van der Waals surface area (Å²) in [5.41, 5.74) is 0.994. The van der Waals surface area contributed by atoms with Gasteiger partial charge in [-0.15, -0.1) is 0 Å². The number of carbonyl (C=O) groups is 1. The van der Waals surface area contributed by atoms with Gasteiger partial charge < -0.3 is 10.4 Å². The van der Waals surface area contributed by atoms with Crippen molar-refractivity contribution in [3.05, 3.63) is 29.3 Å². The molecule has 0 atom stereocenters. The minimum Gasteiger partial charge on any atom is -0.481 e.